The summed E-state index contributed by atoms with van der Waals surface area (Å²) in [6.07, 6.45) is 4.95. The standard InChI is InChI=1S/C24H27NO3/c26-15-24-11-5-6-16(24)12-17(13-24)25-23(27)28-14-22-20-9-3-1-7-18(20)19-8-2-4-10-21(19)22/h1-4,7-10,16-17,22,26H,5-6,11-15H2,(H,25,27)/t16-,17+,24+/m0/s1. The van der Waals surface area contributed by atoms with E-state index in [1.165, 1.54) is 35.1 Å². The van der Waals surface area contributed by atoms with Gasteiger partial charge in [0.25, 0.3) is 0 Å². The summed E-state index contributed by atoms with van der Waals surface area (Å²) in [5.74, 6) is 0.626. The molecule has 4 nitrogen and oxygen atoms in total. The average Bonchev–Trinajstić information content (AvgIpc) is 3.35. The van der Waals surface area contributed by atoms with E-state index in [1.807, 2.05) is 12.1 Å². The van der Waals surface area contributed by atoms with Crippen LogP contribution in [0, 0.1) is 11.3 Å². The second-order valence-corrected chi connectivity index (χ2v) is 8.72. The smallest absolute Gasteiger partial charge is 0.407 e. The van der Waals surface area contributed by atoms with Crippen LogP contribution < -0.4 is 5.32 Å². The topological polar surface area (TPSA) is 58.6 Å². The summed E-state index contributed by atoms with van der Waals surface area (Å²) >= 11 is 0. The van der Waals surface area contributed by atoms with Crippen LogP contribution in [0.4, 0.5) is 4.79 Å². The summed E-state index contributed by atoms with van der Waals surface area (Å²) in [6.45, 7) is 0.585. The van der Waals surface area contributed by atoms with Crippen molar-refractivity contribution >= 4 is 6.09 Å². The van der Waals surface area contributed by atoms with E-state index in [0.29, 0.717) is 12.5 Å². The fourth-order valence-electron chi connectivity index (χ4n) is 5.95. The van der Waals surface area contributed by atoms with Crippen LogP contribution in [0.15, 0.2) is 48.5 Å². The van der Waals surface area contributed by atoms with Gasteiger partial charge >= 0.3 is 6.09 Å². The average molecular weight is 377 g/mol. The molecule has 3 aliphatic rings. The van der Waals surface area contributed by atoms with Gasteiger partial charge in [-0.2, -0.15) is 0 Å². The molecule has 0 radical (unpaired) electrons. The molecule has 3 aliphatic carbocycles. The Morgan fingerprint density at radius 1 is 1.11 bits per heavy atom. The number of hydrogen-bond donors (Lipinski definition) is 2. The first-order valence-corrected chi connectivity index (χ1v) is 10.4. The number of rotatable bonds is 4. The molecule has 3 atom stereocenters. The van der Waals surface area contributed by atoms with Gasteiger partial charge in [0.2, 0.25) is 0 Å². The van der Waals surface area contributed by atoms with Gasteiger partial charge in [-0.3, -0.25) is 0 Å². The van der Waals surface area contributed by atoms with Gasteiger partial charge in [-0.05, 0) is 59.3 Å². The van der Waals surface area contributed by atoms with E-state index >= 15 is 0 Å². The van der Waals surface area contributed by atoms with Crippen LogP contribution >= 0.6 is 0 Å². The highest BCUT2D eigenvalue weighted by molar-refractivity contribution is 5.79. The van der Waals surface area contributed by atoms with Crippen molar-refractivity contribution in [2.24, 2.45) is 11.3 Å². The fraction of sp³-hybridized carbons (Fsp3) is 0.458. The Bertz CT molecular complexity index is 849. The second-order valence-electron chi connectivity index (χ2n) is 8.72. The number of amides is 1. The van der Waals surface area contributed by atoms with Crippen molar-refractivity contribution in [1.82, 2.24) is 5.32 Å². The number of ether oxygens (including phenoxy) is 1. The van der Waals surface area contributed by atoms with E-state index in [4.69, 9.17) is 4.74 Å². The Morgan fingerprint density at radius 3 is 2.43 bits per heavy atom. The lowest BCUT2D eigenvalue weighted by molar-refractivity contribution is 0.103. The lowest BCUT2D eigenvalue weighted by Crippen LogP contribution is -2.35. The summed E-state index contributed by atoms with van der Waals surface area (Å²) in [7, 11) is 0. The third-order valence-corrected chi connectivity index (χ3v) is 7.30. The Labute approximate surface area is 165 Å². The molecule has 2 aromatic carbocycles. The molecule has 0 spiro atoms. The molecule has 0 heterocycles. The largest absolute Gasteiger partial charge is 0.449 e. The van der Waals surface area contributed by atoms with Gasteiger partial charge in [0.1, 0.15) is 6.61 Å². The molecule has 0 bridgehead atoms. The van der Waals surface area contributed by atoms with E-state index < -0.39 is 0 Å². The Kier molecular flexibility index (Phi) is 4.39. The Morgan fingerprint density at radius 2 is 1.79 bits per heavy atom. The minimum atomic E-state index is -0.333. The first kappa shape index (κ1) is 17.7. The number of benzene rings is 2. The Balaban J connectivity index is 1.24. The van der Waals surface area contributed by atoms with Crippen molar-refractivity contribution in [3.05, 3.63) is 59.7 Å². The molecule has 28 heavy (non-hydrogen) atoms. The van der Waals surface area contributed by atoms with Crippen LogP contribution in [0.5, 0.6) is 0 Å². The van der Waals surface area contributed by atoms with Crippen molar-refractivity contribution in [1.29, 1.82) is 0 Å². The molecular formula is C24H27NO3. The van der Waals surface area contributed by atoms with Crippen molar-refractivity contribution in [2.45, 2.75) is 44.1 Å². The van der Waals surface area contributed by atoms with Crippen LogP contribution in [0.2, 0.25) is 0 Å². The SMILES string of the molecule is O=C(N[C@@H]1C[C@@H]2CCC[C@]2(CO)C1)OCC1c2ccccc2-c2ccccc21. The highest BCUT2D eigenvalue weighted by atomic mass is 16.5. The monoisotopic (exact) mass is 377 g/mol. The number of alkyl carbamates (subject to hydrolysis) is 1. The van der Waals surface area contributed by atoms with Gasteiger partial charge < -0.3 is 15.2 Å². The Hall–Kier alpha value is -2.33. The summed E-state index contributed by atoms with van der Waals surface area (Å²) in [5.41, 5.74) is 4.96. The molecule has 0 aliphatic heterocycles. The van der Waals surface area contributed by atoms with Crippen LogP contribution in [0.3, 0.4) is 0 Å². The van der Waals surface area contributed by atoms with Gasteiger partial charge in [-0.25, -0.2) is 4.79 Å². The number of fused-ring (bicyclic) bond motifs is 4. The molecular weight excluding hydrogens is 350 g/mol. The highest BCUT2D eigenvalue weighted by Gasteiger charge is 2.49. The quantitative estimate of drug-likeness (QED) is 0.827. The zero-order valence-electron chi connectivity index (χ0n) is 16.1. The summed E-state index contributed by atoms with van der Waals surface area (Å²) in [6, 6.07) is 16.9. The summed E-state index contributed by atoms with van der Waals surface area (Å²) in [5, 5.41) is 12.9. The van der Waals surface area contributed by atoms with E-state index in [1.54, 1.807) is 0 Å². The van der Waals surface area contributed by atoms with Gasteiger partial charge in [0.05, 0.1) is 0 Å². The lowest BCUT2D eigenvalue weighted by atomic mass is 9.81. The van der Waals surface area contributed by atoms with E-state index in [9.17, 15) is 9.90 Å². The van der Waals surface area contributed by atoms with E-state index in [0.717, 1.165) is 19.3 Å². The maximum Gasteiger partial charge on any atom is 0.407 e. The molecule has 5 rings (SSSR count). The molecule has 2 saturated carbocycles. The van der Waals surface area contributed by atoms with Crippen LogP contribution in [0.1, 0.15) is 49.1 Å². The zero-order chi connectivity index (χ0) is 19.1. The van der Waals surface area contributed by atoms with Gasteiger partial charge in [0.15, 0.2) is 0 Å². The number of carbonyl (C=O) groups excluding carboxylic acids is 1. The predicted octanol–water partition coefficient (Wildman–Crippen LogP) is 4.47. The molecule has 0 unspecified atom stereocenters. The van der Waals surface area contributed by atoms with Crippen LogP contribution in [-0.4, -0.2) is 30.5 Å². The normalized spacial score (nSPS) is 27.9. The van der Waals surface area contributed by atoms with E-state index in [2.05, 4.69) is 41.7 Å². The molecule has 2 aromatic rings. The number of carbonyl (C=O) groups is 1. The second kappa shape index (κ2) is 6.93. The van der Waals surface area contributed by atoms with Gasteiger partial charge in [-0.1, -0.05) is 55.0 Å². The minimum absolute atomic E-state index is 0.0290. The molecule has 1 amide bonds. The molecule has 0 aromatic heterocycles. The molecule has 146 valence electrons. The van der Waals surface area contributed by atoms with E-state index in [-0.39, 0.29) is 30.1 Å². The zero-order valence-corrected chi connectivity index (χ0v) is 16.1. The van der Waals surface area contributed by atoms with Crippen molar-refractivity contribution in [3.63, 3.8) is 0 Å². The molecule has 2 fully saturated rings. The van der Waals surface area contributed by atoms with Crippen molar-refractivity contribution in [3.8, 4) is 11.1 Å². The first-order chi connectivity index (χ1) is 13.7. The van der Waals surface area contributed by atoms with Crippen molar-refractivity contribution in [2.75, 3.05) is 13.2 Å². The predicted molar refractivity (Wildman–Crippen MR) is 108 cm³/mol. The minimum Gasteiger partial charge on any atom is -0.449 e. The fourth-order valence-corrected chi connectivity index (χ4v) is 5.95. The number of aliphatic hydroxyl groups excluding tert-OH is 1. The lowest BCUT2D eigenvalue weighted by Gasteiger charge is -2.26. The molecule has 2 N–H and O–H groups in total. The third kappa shape index (κ3) is 2.82. The van der Waals surface area contributed by atoms with Crippen molar-refractivity contribution < 1.29 is 14.6 Å². The number of nitrogens with one attached hydrogen (secondary N) is 1. The molecule has 0 saturated heterocycles. The number of hydrogen-bond acceptors (Lipinski definition) is 3. The third-order valence-electron chi connectivity index (χ3n) is 7.30. The number of aliphatic hydroxyl groups is 1. The maximum absolute atomic E-state index is 12.5. The summed E-state index contributed by atoms with van der Waals surface area (Å²) in [4.78, 5) is 12.5. The highest BCUT2D eigenvalue weighted by Crippen LogP contribution is 2.53. The van der Waals surface area contributed by atoms with Gasteiger partial charge in [-0.15, -0.1) is 0 Å². The van der Waals surface area contributed by atoms with Crippen LogP contribution in [-0.2, 0) is 4.74 Å². The van der Waals surface area contributed by atoms with Crippen LogP contribution in [0.25, 0.3) is 11.1 Å². The maximum atomic E-state index is 12.5. The molecule has 4 heteroatoms. The van der Waals surface area contributed by atoms with Gasteiger partial charge in [0, 0.05) is 18.6 Å². The summed E-state index contributed by atoms with van der Waals surface area (Å²) < 4.78 is 5.68. The first-order valence-electron chi connectivity index (χ1n) is 10.4.